The molecule has 14 rings (SSSR count). The van der Waals surface area contributed by atoms with E-state index in [0.717, 1.165) is 38.6 Å². The molecule has 1 unspecified atom stereocenters. The molecule has 9 aromatic carbocycles. The van der Waals surface area contributed by atoms with Crippen molar-refractivity contribution in [3.05, 3.63) is 205 Å². The zero-order valence-corrected chi connectivity index (χ0v) is 31.8. The molecule has 0 saturated heterocycles. The molecule has 1 aliphatic carbocycles. The third-order valence-electron chi connectivity index (χ3n) is 13.1. The van der Waals surface area contributed by atoms with E-state index in [1.165, 1.54) is 82.1 Å². The zero-order valence-electron chi connectivity index (χ0n) is 31.8. The van der Waals surface area contributed by atoms with E-state index in [2.05, 4.69) is 197 Å². The van der Waals surface area contributed by atoms with Crippen LogP contribution in [0.25, 0.3) is 110 Å². The van der Waals surface area contributed by atoms with Gasteiger partial charge in [-0.1, -0.05) is 158 Å². The van der Waals surface area contributed by atoms with E-state index in [1.807, 2.05) is 0 Å². The molecule has 0 amide bonds. The van der Waals surface area contributed by atoms with Gasteiger partial charge in [-0.05, 0) is 74.3 Å². The van der Waals surface area contributed by atoms with Gasteiger partial charge in [0.25, 0.3) is 0 Å². The fraction of sp³-hybridized carbons (Fsp3) is 0.0182. The van der Waals surface area contributed by atoms with E-state index in [9.17, 15) is 0 Å². The Morgan fingerprint density at radius 2 is 1.12 bits per heavy atom. The molecule has 0 fully saturated rings. The summed E-state index contributed by atoms with van der Waals surface area (Å²) in [5, 5.41) is 10.9. The molecule has 4 heterocycles. The number of nitrogens with zero attached hydrogens (tertiary/aromatic N) is 4. The molecule has 13 aromatic rings. The van der Waals surface area contributed by atoms with E-state index in [1.54, 1.807) is 0 Å². The summed E-state index contributed by atoms with van der Waals surface area (Å²) in [4.78, 5) is 11.2. The minimum absolute atomic E-state index is 0.0634. The van der Waals surface area contributed by atoms with Crippen LogP contribution >= 0.6 is 0 Å². The van der Waals surface area contributed by atoms with Crippen molar-refractivity contribution in [1.82, 2.24) is 18.9 Å². The molecule has 1 atom stereocenters. The van der Waals surface area contributed by atoms with Crippen LogP contribution in [-0.2, 0) is 0 Å². The second-order valence-corrected chi connectivity index (χ2v) is 16.0. The normalized spacial score (nSPS) is 13.9. The summed E-state index contributed by atoms with van der Waals surface area (Å²) in [7, 11) is 0. The smallest absolute Gasteiger partial charge is 0.235 e. The quantitative estimate of drug-likeness (QED) is 0.169. The minimum atomic E-state index is 0.0634. The summed E-state index contributed by atoms with van der Waals surface area (Å²) in [5.41, 5.74) is 15.3. The number of para-hydroxylation sites is 2. The lowest BCUT2D eigenvalue weighted by Crippen LogP contribution is -2.04. The highest BCUT2D eigenvalue weighted by Crippen LogP contribution is 2.55. The Bertz CT molecular complexity index is 3890. The summed E-state index contributed by atoms with van der Waals surface area (Å²) in [5.74, 6) is 0.727. The first-order chi connectivity index (χ1) is 29.3. The first kappa shape index (κ1) is 31.3. The van der Waals surface area contributed by atoms with Gasteiger partial charge < -0.3 is 4.40 Å². The zero-order chi connectivity index (χ0) is 38.3. The SMILES string of the molecule is c1ccc(-c2nc(-n3c4cc5c(c6c7cccc8c9ccccc9n(c9cccc3c9c64)c87)C(c3ccccc3)c3ccccc3-5)nc3ccc4ccccc4c23)cc1. The molecule has 1 aliphatic rings. The van der Waals surface area contributed by atoms with Crippen molar-refractivity contribution in [1.29, 1.82) is 0 Å². The molecule has 0 spiro atoms. The third-order valence-corrected chi connectivity index (χ3v) is 13.1. The summed E-state index contributed by atoms with van der Waals surface area (Å²) in [6.07, 6.45) is 0. The van der Waals surface area contributed by atoms with Crippen LogP contribution in [0.1, 0.15) is 22.6 Å². The number of aromatic nitrogens is 4. The van der Waals surface area contributed by atoms with E-state index in [4.69, 9.17) is 9.97 Å². The molecular weight excluding hydrogens is 717 g/mol. The lowest BCUT2D eigenvalue weighted by atomic mass is 9.85. The van der Waals surface area contributed by atoms with Gasteiger partial charge in [0.1, 0.15) is 0 Å². The van der Waals surface area contributed by atoms with Crippen molar-refractivity contribution in [2.24, 2.45) is 0 Å². The molecule has 0 saturated carbocycles. The van der Waals surface area contributed by atoms with Crippen LogP contribution < -0.4 is 0 Å². The summed E-state index contributed by atoms with van der Waals surface area (Å²) >= 11 is 0. The van der Waals surface area contributed by atoms with E-state index in [-0.39, 0.29) is 5.92 Å². The van der Waals surface area contributed by atoms with Crippen molar-refractivity contribution in [2.75, 3.05) is 0 Å². The third kappa shape index (κ3) is 4.02. The van der Waals surface area contributed by atoms with Crippen LogP contribution in [-0.4, -0.2) is 18.9 Å². The van der Waals surface area contributed by atoms with Gasteiger partial charge in [0.15, 0.2) is 0 Å². The van der Waals surface area contributed by atoms with Gasteiger partial charge in [-0.2, -0.15) is 0 Å². The molecule has 0 N–H and O–H groups in total. The first-order valence-electron chi connectivity index (χ1n) is 20.4. The number of benzene rings is 9. The van der Waals surface area contributed by atoms with Gasteiger partial charge in [-0.15, -0.1) is 0 Å². The first-order valence-corrected chi connectivity index (χ1v) is 20.4. The number of rotatable bonds is 3. The van der Waals surface area contributed by atoms with Gasteiger partial charge in [-0.3, -0.25) is 4.57 Å². The number of hydrogen-bond donors (Lipinski definition) is 0. The average molecular weight is 749 g/mol. The highest BCUT2D eigenvalue weighted by molar-refractivity contribution is 6.33. The molecule has 4 heteroatoms. The van der Waals surface area contributed by atoms with Crippen molar-refractivity contribution < 1.29 is 0 Å². The van der Waals surface area contributed by atoms with Crippen LogP contribution in [0.3, 0.4) is 0 Å². The maximum absolute atomic E-state index is 5.64. The Hall–Kier alpha value is -7.82. The lowest BCUT2D eigenvalue weighted by molar-refractivity contribution is 1.01. The molecule has 4 aromatic heterocycles. The van der Waals surface area contributed by atoms with Crippen LogP contribution in [0.15, 0.2) is 188 Å². The van der Waals surface area contributed by atoms with Crippen molar-refractivity contribution >= 4 is 81.6 Å². The Labute approximate surface area is 338 Å². The van der Waals surface area contributed by atoms with Crippen molar-refractivity contribution in [2.45, 2.75) is 5.92 Å². The monoisotopic (exact) mass is 748 g/mol. The van der Waals surface area contributed by atoms with Crippen LogP contribution in [0, 0.1) is 0 Å². The van der Waals surface area contributed by atoms with Gasteiger partial charge in [0.2, 0.25) is 5.95 Å². The molecule has 272 valence electrons. The van der Waals surface area contributed by atoms with Gasteiger partial charge in [0.05, 0.1) is 38.8 Å². The van der Waals surface area contributed by atoms with Crippen LogP contribution in [0.4, 0.5) is 0 Å². The second-order valence-electron chi connectivity index (χ2n) is 16.0. The van der Waals surface area contributed by atoms with Gasteiger partial charge in [-0.25, -0.2) is 9.97 Å². The molecule has 59 heavy (non-hydrogen) atoms. The molecule has 0 aliphatic heterocycles. The van der Waals surface area contributed by atoms with E-state index in [0.29, 0.717) is 5.95 Å². The lowest BCUT2D eigenvalue weighted by Gasteiger charge is -2.17. The molecule has 0 radical (unpaired) electrons. The van der Waals surface area contributed by atoms with Crippen molar-refractivity contribution in [3.63, 3.8) is 0 Å². The van der Waals surface area contributed by atoms with E-state index >= 15 is 0 Å². The highest BCUT2D eigenvalue weighted by Gasteiger charge is 2.35. The van der Waals surface area contributed by atoms with Crippen molar-refractivity contribution in [3.8, 4) is 28.3 Å². The summed E-state index contributed by atoms with van der Waals surface area (Å²) in [6.45, 7) is 0. The Balaban J connectivity index is 1.24. The highest BCUT2D eigenvalue weighted by atomic mass is 15.2. The number of fused-ring (bicyclic) bond motifs is 12. The Morgan fingerprint density at radius 1 is 0.424 bits per heavy atom. The minimum Gasteiger partial charge on any atom is -0.308 e. The van der Waals surface area contributed by atoms with Gasteiger partial charge in [0, 0.05) is 43.8 Å². The largest absolute Gasteiger partial charge is 0.308 e. The predicted molar refractivity (Wildman–Crippen MR) is 244 cm³/mol. The van der Waals surface area contributed by atoms with Crippen LogP contribution in [0.2, 0.25) is 0 Å². The maximum atomic E-state index is 5.64. The fourth-order valence-electron chi connectivity index (χ4n) is 10.8. The second kappa shape index (κ2) is 11.4. The topological polar surface area (TPSA) is 35.1 Å². The average Bonchev–Trinajstić information content (AvgIpc) is 3.91. The molecule has 0 bridgehead atoms. The van der Waals surface area contributed by atoms with E-state index < -0.39 is 0 Å². The standard InChI is InChI=1S/C55H32N4/c1-3-16-33(17-4-1)47-38-23-10-9-21-36(38)41-31-46-52-49(50(41)47)40-25-13-24-39-37-22-11-12-26-43(37)58(54(39)40)44-27-14-28-45(51(44)52)59(46)55-56-42-30-29-32-15-7-8-20-35(32)48(42)53(57-55)34-18-5-2-6-19-34/h1-31,47H. The Morgan fingerprint density at radius 3 is 2.02 bits per heavy atom. The molecule has 4 nitrogen and oxygen atoms in total. The predicted octanol–water partition coefficient (Wildman–Crippen LogP) is 13.9. The number of hydrogen-bond acceptors (Lipinski definition) is 2. The molecular formula is C55H32N4. The van der Waals surface area contributed by atoms with Crippen LogP contribution in [0.5, 0.6) is 0 Å². The maximum Gasteiger partial charge on any atom is 0.235 e. The summed E-state index contributed by atoms with van der Waals surface area (Å²) in [6, 6.07) is 68.7. The fourth-order valence-corrected chi connectivity index (χ4v) is 10.8. The summed E-state index contributed by atoms with van der Waals surface area (Å²) < 4.78 is 4.88. The Kier molecular flexibility index (Phi) is 6.05. The van der Waals surface area contributed by atoms with Gasteiger partial charge >= 0.3 is 0 Å².